The van der Waals surface area contributed by atoms with Gasteiger partial charge in [-0.2, -0.15) is 0 Å². The number of nitrogens with two attached hydrogens (primary N) is 1. The van der Waals surface area contributed by atoms with Crippen LogP contribution in [0.25, 0.3) is 0 Å². The summed E-state index contributed by atoms with van der Waals surface area (Å²) >= 11 is 0. The Hall–Kier alpha value is -0.770. The topological polar surface area (TPSA) is 59.6 Å². The van der Waals surface area contributed by atoms with Crippen molar-refractivity contribution in [1.82, 2.24) is 5.32 Å². The molecule has 4 heteroatoms. The smallest absolute Gasteiger partial charge is 0.189 e. The number of hydrogen-bond acceptors (Lipinski definition) is 2. The SMILES string of the molecule is CC(C)NC(N)=NC1CCOC1(C)C. The molecule has 1 rings (SSSR count). The lowest BCUT2D eigenvalue weighted by molar-refractivity contribution is 0.0286. The van der Waals surface area contributed by atoms with Crippen molar-refractivity contribution in [2.45, 2.75) is 51.8 Å². The van der Waals surface area contributed by atoms with Crippen molar-refractivity contribution in [2.75, 3.05) is 6.61 Å². The average molecular weight is 199 g/mol. The van der Waals surface area contributed by atoms with E-state index in [9.17, 15) is 0 Å². The summed E-state index contributed by atoms with van der Waals surface area (Å²) in [5, 5.41) is 3.08. The summed E-state index contributed by atoms with van der Waals surface area (Å²) in [5.74, 6) is 0.517. The second kappa shape index (κ2) is 4.17. The van der Waals surface area contributed by atoms with Gasteiger partial charge in [0.25, 0.3) is 0 Å². The van der Waals surface area contributed by atoms with Gasteiger partial charge in [0.15, 0.2) is 5.96 Å². The zero-order valence-electron chi connectivity index (χ0n) is 9.50. The zero-order valence-corrected chi connectivity index (χ0v) is 9.50. The predicted molar refractivity (Wildman–Crippen MR) is 58.3 cm³/mol. The highest BCUT2D eigenvalue weighted by atomic mass is 16.5. The number of nitrogens with zero attached hydrogens (tertiary/aromatic N) is 1. The van der Waals surface area contributed by atoms with Crippen LogP contribution >= 0.6 is 0 Å². The van der Waals surface area contributed by atoms with E-state index in [-0.39, 0.29) is 11.6 Å². The fourth-order valence-electron chi connectivity index (χ4n) is 1.60. The van der Waals surface area contributed by atoms with Gasteiger partial charge in [0.2, 0.25) is 0 Å². The third-order valence-electron chi connectivity index (χ3n) is 2.40. The lowest BCUT2D eigenvalue weighted by Crippen LogP contribution is -2.40. The van der Waals surface area contributed by atoms with Crippen LogP contribution in [0.2, 0.25) is 0 Å². The highest BCUT2D eigenvalue weighted by molar-refractivity contribution is 5.78. The first-order valence-corrected chi connectivity index (χ1v) is 5.15. The lowest BCUT2D eigenvalue weighted by atomic mass is 10.00. The molecule has 0 bridgehead atoms. The predicted octanol–water partition coefficient (Wildman–Crippen LogP) is 0.867. The molecule has 0 aromatic carbocycles. The summed E-state index contributed by atoms with van der Waals surface area (Å²) in [5.41, 5.74) is 5.58. The first-order valence-electron chi connectivity index (χ1n) is 5.15. The van der Waals surface area contributed by atoms with Crippen LogP contribution in [0, 0.1) is 0 Å². The second-order valence-electron chi connectivity index (χ2n) is 4.57. The Labute approximate surface area is 85.9 Å². The third kappa shape index (κ3) is 2.87. The Morgan fingerprint density at radius 1 is 1.57 bits per heavy atom. The van der Waals surface area contributed by atoms with Gasteiger partial charge in [-0.3, -0.25) is 0 Å². The van der Waals surface area contributed by atoms with Gasteiger partial charge in [-0.25, -0.2) is 4.99 Å². The van der Waals surface area contributed by atoms with Crippen LogP contribution < -0.4 is 11.1 Å². The summed E-state index contributed by atoms with van der Waals surface area (Å²) in [6.45, 7) is 8.96. The van der Waals surface area contributed by atoms with Crippen molar-refractivity contribution in [2.24, 2.45) is 10.7 Å². The molecule has 0 spiro atoms. The molecule has 0 aliphatic carbocycles. The molecule has 4 nitrogen and oxygen atoms in total. The summed E-state index contributed by atoms with van der Waals surface area (Å²) in [7, 11) is 0. The van der Waals surface area contributed by atoms with Crippen LogP contribution in [-0.4, -0.2) is 30.3 Å². The average Bonchev–Trinajstić information content (AvgIpc) is 2.29. The Balaban J connectivity index is 2.57. The van der Waals surface area contributed by atoms with Crippen molar-refractivity contribution >= 4 is 5.96 Å². The van der Waals surface area contributed by atoms with Crippen molar-refractivity contribution in [3.63, 3.8) is 0 Å². The van der Waals surface area contributed by atoms with Crippen LogP contribution in [-0.2, 0) is 4.74 Å². The Kier molecular flexibility index (Phi) is 3.37. The molecule has 3 N–H and O–H groups in total. The van der Waals surface area contributed by atoms with Crippen LogP contribution in [0.3, 0.4) is 0 Å². The molecule has 1 aliphatic heterocycles. The van der Waals surface area contributed by atoms with Gasteiger partial charge >= 0.3 is 0 Å². The maximum absolute atomic E-state index is 5.76. The molecule has 0 amide bonds. The standard InChI is InChI=1S/C10H21N3O/c1-7(2)12-9(11)13-8-5-6-14-10(8,3)4/h7-8H,5-6H2,1-4H3,(H3,11,12,13). The minimum absolute atomic E-state index is 0.175. The van der Waals surface area contributed by atoms with E-state index in [0.29, 0.717) is 12.0 Å². The molecule has 1 atom stereocenters. The molecule has 0 aromatic heterocycles. The molecule has 14 heavy (non-hydrogen) atoms. The molecule has 1 unspecified atom stereocenters. The first kappa shape index (κ1) is 11.3. The summed E-state index contributed by atoms with van der Waals surface area (Å²) in [4.78, 5) is 4.43. The fraction of sp³-hybridized carbons (Fsp3) is 0.900. The molecule has 1 fully saturated rings. The van der Waals surface area contributed by atoms with Gasteiger partial charge in [0, 0.05) is 12.6 Å². The van der Waals surface area contributed by atoms with Crippen LogP contribution in [0.1, 0.15) is 34.1 Å². The van der Waals surface area contributed by atoms with E-state index in [1.165, 1.54) is 0 Å². The molecule has 0 radical (unpaired) electrons. The number of aliphatic imine (C=N–C) groups is 1. The van der Waals surface area contributed by atoms with Gasteiger partial charge in [-0.15, -0.1) is 0 Å². The van der Waals surface area contributed by atoms with E-state index in [4.69, 9.17) is 10.5 Å². The van der Waals surface area contributed by atoms with Gasteiger partial charge < -0.3 is 15.8 Å². The van der Waals surface area contributed by atoms with Crippen molar-refractivity contribution < 1.29 is 4.74 Å². The van der Waals surface area contributed by atoms with E-state index in [2.05, 4.69) is 24.2 Å². The largest absolute Gasteiger partial charge is 0.373 e. The van der Waals surface area contributed by atoms with E-state index < -0.39 is 0 Å². The highest BCUT2D eigenvalue weighted by Gasteiger charge is 2.35. The van der Waals surface area contributed by atoms with E-state index in [1.54, 1.807) is 0 Å². The lowest BCUT2D eigenvalue weighted by Gasteiger charge is -2.23. The number of ether oxygens (including phenoxy) is 1. The Morgan fingerprint density at radius 2 is 2.21 bits per heavy atom. The van der Waals surface area contributed by atoms with Crippen molar-refractivity contribution in [3.8, 4) is 0 Å². The van der Waals surface area contributed by atoms with Gasteiger partial charge in [-0.05, 0) is 34.1 Å². The van der Waals surface area contributed by atoms with E-state index in [1.807, 2.05) is 13.8 Å². The molecule has 0 saturated carbocycles. The molecule has 1 aliphatic rings. The van der Waals surface area contributed by atoms with Crippen LogP contribution in [0.15, 0.2) is 4.99 Å². The minimum Gasteiger partial charge on any atom is -0.373 e. The molecule has 1 heterocycles. The fourth-order valence-corrected chi connectivity index (χ4v) is 1.60. The van der Waals surface area contributed by atoms with Gasteiger partial charge in [0.1, 0.15) is 0 Å². The highest BCUT2D eigenvalue weighted by Crippen LogP contribution is 2.27. The number of rotatable bonds is 2. The quantitative estimate of drug-likeness (QED) is 0.512. The monoisotopic (exact) mass is 199 g/mol. The maximum Gasteiger partial charge on any atom is 0.189 e. The summed E-state index contributed by atoms with van der Waals surface area (Å²) < 4.78 is 5.57. The number of nitrogens with one attached hydrogen (secondary N) is 1. The Morgan fingerprint density at radius 3 is 2.64 bits per heavy atom. The van der Waals surface area contributed by atoms with E-state index in [0.717, 1.165) is 13.0 Å². The molecule has 1 saturated heterocycles. The van der Waals surface area contributed by atoms with Crippen LogP contribution in [0.5, 0.6) is 0 Å². The molecule has 82 valence electrons. The second-order valence-corrected chi connectivity index (χ2v) is 4.57. The van der Waals surface area contributed by atoms with Crippen molar-refractivity contribution in [1.29, 1.82) is 0 Å². The molecular formula is C10H21N3O. The molecular weight excluding hydrogens is 178 g/mol. The third-order valence-corrected chi connectivity index (χ3v) is 2.40. The first-order chi connectivity index (χ1) is 6.42. The van der Waals surface area contributed by atoms with E-state index >= 15 is 0 Å². The number of hydrogen-bond donors (Lipinski definition) is 2. The van der Waals surface area contributed by atoms with Crippen molar-refractivity contribution in [3.05, 3.63) is 0 Å². The zero-order chi connectivity index (χ0) is 10.8. The summed E-state index contributed by atoms with van der Waals surface area (Å²) in [6, 6.07) is 0.498. The van der Waals surface area contributed by atoms with Gasteiger partial charge in [-0.1, -0.05) is 0 Å². The summed E-state index contributed by atoms with van der Waals surface area (Å²) in [6.07, 6.45) is 0.952. The molecule has 0 aromatic rings. The maximum atomic E-state index is 5.76. The minimum atomic E-state index is -0.177. The van der Waals surface area contributed by atoms with Gasteiger partial charge in [0.05, 0.1) is 11.6 Å². The van der Waals surface area contributed by atoms with Crippen LogP contribution in [0.4, 0.5) is 0 Å². The normalized spacial score (nSPS) is 26.9. The Bertz CT molecular complexity index is 223. The number of guanidine groups is 1.